The molecule has 0 aromatic heterocycles. The minimum absolute atomic E-state index is 0.314. The van der Waals surface area contributed by atoms with E-state index < -0.39 is 5.91 Å². The summed E-state index contributed by atoms with van der Waals surface area (Å²) in [5.41, 5.74) is 3.59. The number of hydrogen-bond acceptors (Lipinski definition) is 3. The van der Waals surface area contributed by atoms with Gasteiger partial charge in [-0.1, -0.05) is 0 Å². The molecule has 0 bridgehead atoms. The Morgan fingerprint density at radius 1 is 1.29 bits per heavy atom. The minimum Gasteiger partial charge on any atom is -0.496 e. The second-order valence-corrected chi connectivity index (χ2v) is 4.01. The van der Waals surface area contributed by atoms with Gasteiger partial charge in [0, 0.05) is 12.7 Å². The monoisotopic (exact) mass is 235 g/mol. The van der Waals surface area contributed by atoms with Crippen molar-refractivity contribution in [3.63, 3.8) is 0 Å². The van der Waals surface area contributed by atoms with Gasteiger partial charge in [-0.25, -0.2) is 0 Å². The van der Waals surface area contributed by atoms with Crippen LogP contribution in [0.3, 0.4) is 0 Å². The maximum Gasteiger partial charge on any atom is 0.290 e. The van der Waals surface area contributed by atoms with Crippen LogP contribution in [-0.2, 0) is 9.59 Å². The van der Waals surface area contributed by atoms with E-state index in [1.807, 2.05) is 26.8 Å². The molecule has 0 saturated carbocycles. The Morgan fingerprint density at radius 2 is 1.88 bits per heavy atom. The van der Waals surface area contributed by atoms with Crippen LogP contribution < -0.4 is 9.64 Å². The fourth-order valence-electron chi connectivity index (χ4n) is 1.90. The minimum atomic E-state index is -0.558. The van der Waals surface area contributed by atoms with Crippen molar-refractivity contribution in [1.29, 1.82) is 0 Å². The standard InChI is InChI=1S/C13H17NO3/c1-8-6-11(14(4)12(16)7-15)9(2)10(3)13(8)17-5/h6-7H,1-5H3. The Morgan fingerprint density at radius 3 is 2.35 bits per heavy atom. The molecule has 0 unspecified atom stereocenters. The number of benzene rings is 1. The van der Waals surface area contributed by atoms with Gasteiger partial charge in [-0.2, -0.15) is 0 Å². The van der Waals surface area contributed by atoms with Crippen molar-refractivity contribution in [2.45, 2.75) is 20.8 Å². The third-order valence-electron chi connectivity index (χ3n) is 3.00. The van der Waals surface area contributed by atoms with Gasteiger partial charge in [0.2, 0.25) is 6.29 Å². The molecule has 1 aromatic rings. The number of rotatable bonds is 3. The highest BCUT2D eigenvalue weighted by molar-refractivity contribution is 6.30. The average Bonchev–Trinajstić information content (AvgIpc) is 2.32. The fourth-order valence-corrected chi connectivity index (χ4v) is 1.90. The molecule has 17 heavy (non-hydrogen) atoms. The molecule has 0 radical (unpaired) electrons. The summed E-state index contributed by atoms with van der Waals surface area (Å²) in [5.74, 6) is 0.260. The summed E-state index contributed by atoms with van der Waals surface area (Å²) in [7, 11) is 3.21. The first-order valence-electron chi connectivity index (χ1n) is 5.31. The van der Waals surface area contributed by atoms with Crippen molar-refractivity contribution in [3.8, 4) is 5.75 Å². The topological polar surface area (TPSA) is 46.6 Å². The van der Waals surface area contributed by atoms with Crippen molar-refractivity contribution in [2.24, 2.45) is 0 Å². The van der Waals surface area contributed by atoms with E-state index in [0.29, 0.717) is 6.29 Å². The van der Waals surface area contributed by atoms with Crippen LogP contribution in [0.5, 0.6) is 5.75 Å². The molecular weight excluding hydrogens is 218 g/mol. The summed E-state index contributed by atoms with van der Waals surface area (Å²) in [6, 6.07) is 1.85. The lowest BCUT2D eigenvalue weighted by atomic mass is 10.0. The highest BCUT2D eigenvalue weighted by Gasteiger charge is 2.16. The second kappa shape index (κ2) is 4.99. The lowest BCUT2D eigenvalue weighted by molar-refractivity contribution is -0.129. The molecule has 4 heteroatoms. The maximum atomic E-state index is 11.4. The van der Waals surface area contributed by atoms with Crippen molar-refractivity contribution >= 4 is 17.9 Å². The van der Waals surface area contributed by atoms with Crippen molar-refractivity contribution in [1.82, 2.24) is 0 Å². The SMILES string of the molecule is COc1c(C)cc(N(C)C(=O)C=O)c(C)c1C. The van der Waals surface area contributed by atoms with E-state index in [4.69, 9.17) is 4.74 Å². The molecule has 0 fully saturated rings. The molecule has 1 rings (SSSR count). The predicted molar refractivity (Wildman–Crippen MR) is 66.7 cm³/mol. The van der Waals surface area contributed by atoms with E-state index in [1.54, 1.807) is 14.2 Å². The Labute approximate surface area is 101 Å². The number of anilines is 1. The summed E-state index contributed by atoms with van der Waals surface area (Å²) in [6.07, 6.45) is 0.314. The third-order valence-corrected chi connectivity index (χ3v) is 3.00. The van der Waals surface area contributed by atoms with Crippen LogP contribution in [0.25, 0.3) is 0 Å². The zero-order valence-electron chi connectivity index (χ0n) is 10.8. The number of hydrogen-bond donors (Lipinski definition) is 0. The number of carbonyl (C=O) groups excluding carboxylic acids is 2. The van der Waals surface area contributed by atoms with Crippen molar-refractivity contribution in [3.05, 3.63) is 22.8 Å². The van der Waals surface area contributed by atoms with Gasteiger partial charge in [0.1, 0.15) is 5.75 Å². The molecule has 0 aliphatic rings. The molecule has 92 valence electrons. The first-order valence-corrected chi connectivity index (χ1v) is 5.31. The van der Waals surface area contributed by atoms with Crippen LogP contribution in [0.15, 0.2) is 6.07 Å². The Bertz CT molecular complexity index is 466. The lowest BCUT2D eigenvalue weighted by Gasteiger charge is -2.21. The Kier molecular flexibility index (Phi) is 3.89. The lowest BCUT2D eigenvalue weighted by Crippen LogP contribution is -2.28. The van der Waals surface area contributed by atoms with Crippen molar-refractivity contribution in [2.75, 3.05) is 19.1 Å². The zero-order valence-corrected chi connectivity index (χ0v) is 10.8. The fraction of sp³-hybridized carbons (Fsp3) is 0.385. The van der Waals surface area contributed by atoms with Gasteiger partial charge < -0.3 is 9.64 Å². The quantitative estimate of drug-likeness (QED) is 0.592. The number of aryl methyl sites for hydroxylation is 1. The highest BCUT2D eigenvalue weighted by atomic mass is 16.5. The molecular formula is C13H17NO3. The molecule has 0 saturated heterocycles. The van der Waals surface area contributed by atoms with E-state index in [1.165, 1.54) is 4.90 Å². The molecule has 0 N–H and O–H groups in total. The summed E-state index contributed by atoms with van der Waals surface area (Å²) >= 11 is 0. The molecule has 1 amide bonds. The van der Waals surface area contributed by atoms with Crippen LogP contribution in [0.4, 0.5) is 5.69 Å². The molecule has 4 nitrogen and oxygen atoms in total. The van der Waals surface area contributed by atoms with E-state index in [2.05, 4.69) is 0 Å². The molecule has 0 spiro atoms. The van der Waals surface area contributed by atoms with Gasteiger partial charge in [0.05, 0.1) is 7.11 Å². The zero-order chi connectivity index (χ0) is 13.2. The predicted octanol–water partition coefficient (Wildman–Crippen LogP) is 1.78. The van der Waals surface area contributed by atoms with Crippen LogP contribution >= 0.6 is 0 Å². The first kappa shape index (κ1) is 13.2. The second-order valence-electron chi connectivity index (χ2n) is 4.01. The normalized spacial score (nSPS) is 9.94. The third kappa shape index (κ3) is 2.30. The summed E-state index contributed by atoms with van der Waals surface area (Å²) in [6.45, 7) is 5.75. The first-order chi connectivity index (χ1) is 7.93. The Hall–Kier alpha value is -1.84. The molecule has 0 atom stereocenters. The van der Waals surface area contributed by atoms with Crippen LogP contribution in [0, 0.1) is 20.8 Å². The number of aldehydes is 1. The number of carbonyl (C=O) groups is 2. The number of methoxy groups -OCH3 is 1. The molecule has 0 aliphatic carbocycles. The van der Waals surface area contributed by atoms with Crippen molar-refractivity contribution < 1.29 is 14.3 Å². The summed E-state index contributed by atoms with van der Waals surface area (Å²) < 4.78 is 5.31. The van der Waals surface area contributed by atoms with Crippen LogP contribution in [0.1, 0.15) is 16.7 Å². The van der Waals surface area contributed by atoms with Gasteiger partial charge in [-0.3, -0.25) is 9.59 Å². The van der Waals surface area contributed by atoms with Gasteiger partial charge in [0.25, 0.3) is 5.91 Å². The number of amides is 1. The van der Waals surface area contributed by atoms with Gasteiger partial charge in [-0.05, 0) is 43.5 Å². The molecule has 0 heterocycles. The number of ether oxygens (including phenoxy) is 1. The number of nitrogens with zero attached hydrogens (tertiary/aromatic N) is 1. The highest BCUT2D eigenvalue weighted by Crippen LogP contribution is 2.32. The van der Waals surface area contributed by atoms with Gasteiger partial charge in [0.15, 0.2) is 0 Å². The van der Waals surface area contributed by atoms with E-state index in [0.717, 1.165) is 28.1 Å². The largest absolute Gasteiger partial charge is 0.496 e. The summed E-state index contributed by atoms with van der Waals surface area (Å²) in [5, 5.41) is 0. The Balaban J connectivity index is 3.37. The van der Waals surface area contributed by atoms with Gasteiger partial charge >= 0.3 is 0 Å². The maximum absolute atomic E-state index is 11.4. The van der Waals surface area contributed by atoms with E-state index in [9.17, 15) is 9.59 Å². The number of likely N-dealkylation sites (N-methyl/N-ethyl adjacent to an activating group) is 1. The van der Waals surface area contributed by atoms with E-state index >= 15 is 0 Å². The summed E-state index contributed by atoms with van der Waals surface area (Å²) in [4.78, 5) is 23.2. The van der Waals surface area contributed by atoms with Crippen LogP contribution in [-0.4, -0.2) is 26.4 Å². The molecule has 0 aliphatic heterocycles. The van der Waals surface area contributed by atoms with E-state index in [-0.39, 0.29) is 0 Å². The van der Waals surface area contributed by atoms with Crippen LogP contribution in [0.2, 0.25) is 0 Å². The van der Waals surface area contributed by atoms with Gasteiger partial charge in [-0.15, -0.1) is 0 Å². The average molecular weight is 235 g/mol. The molecule has 1 aromatic carbocycles. The smallest absolute Gasteiger partial charge is 0.290 e.